The number of carbonyl (C=O) groups excluding carboxylic acids is 3. The van der Waals surface area contributed by atoms with Crippen LogP contribution in [0.4, 0.5) is 34.6 Å². The molecule has 39 heteroatoms. The molecular weight excluding hydrogens is 1830 g/mol. The van der Waals surface area contributed by atoms with Gasteiger partial charge in [-0.1, -0.05) is 71.9 Å². The van der Waals surface area contributed by atoms with Crippen LogP contribution in [0.25, 0.3) is 39.0 Å². The molecule has 0 aliphatic carbocycles. The largest absolute Gasteiger partial charge is 0.494 e. The first-order valence-corrected chi connectivity index (χ1v) is 44.9. The number of nitrogens with one attached hydrogen (secondary N) is 2. The molecule has 0 atom stereocenters. The van der Waals surface area contributed by atoms with Gasteiger partial charge in [0.05, 0.1) is 11.2 Å². The average Bonchev–Trinajstić information content (AvgIpc) is 1.60. The molecule has 17 rings (SSSR count). The van der Waals surface area contributed by atoms with Gasteiger partial charge < -0.3 is 69.3 Å². The smallest absolute Gasteiger partial charge is 0.477 e. The zero-order valence-electron chi connectivity index (χ0n) is 72.9. The fourth-order valence-electron chi connectivity index (χ4n) is 15.4. The predicted molar refractivity (Wildman–Crippen MR) is 503 cm³/mol. The predicted octanol–water partition coefficient (Wildman–Crippen LogP) is 12.1. The summed E-state index contributed by atoms with van der Waals surface area (Å²) >= 11 is 15.6. The second-order valence-electron chi connectivity index (χ2n) is 33.7. The SMILES string of the molecule is CC(C)C(=O)Cl.CC(C)C(=O)N1CCC(c2cc(-c3ccc(N)cc3)c3c(N)ncnn23)CC1.CC(C)C(=O)N1CCC(c2cc(Br)c3c(N)ncnn23)CC1.CC(C)n1cc(C(=O)O)c(=O)n(-c2ccccn2)c1=O.CC1(C)OB(c2ccc(N)cc2)OC1(C)C.Nc1ncnn2c(C3CCNCC3)cc(Br)c12.Nc1ncnn2c(C3CCNCC3)cc(Br)c12. The van der Waals surface area contributed by atoms with Crippen LogP contribution in [0.15, 0.2) is 152 Å². The molecule has 15 heterocycles. The van der Waals surface area contributed by atoms with Crippen LogP contribution in [0.2, 0.25) is 0 Å². The summed E-state index contributed by atoms with van der Waals surface area (Å²) in [7, 11) is -0.300. The lowest BCUT2D eigenvalue weighted by molar-refractivity contribution is -0.136. The molecule has 5 aliphatic heterocycles. The molecule has 0 spiro atoms. The minimum atomic E-state index is -1.38. The van der Waals surface area contributed by atoms with Crippen LogP contribution in [-0.4, -0.2) is 181 Å². The molecule has 5 fully saturated rings. The number of carboxylic acid groups (broad SMARTS) is 1. The minimum absolute atomic E-state index is 0.0216. The molecule has 15 N–H and O–H groups in total. The van der Waals surface area contributed by atoms with E-state index in [9.17, 15) is 28.8 Å². The topological polar surface area (TPSA) is 471 Å². The third kappa shape index (κ3) is 22.4. The molecule has 12 aromatic rings. The van der Waals surface area contributed by atoms with E-state index in [0.29, 0.717) is 46.9 Å². The number of benzene rings is 2. The molecule has 0 saturated carbocycles. The zero-order chi connectivity index (χ0) is 91.3. The van der Waals surface area contributed by atoms with Gasteiger partial charge >= 0.3 is 18.8 Å². The number of aromatic carboxylic acids is 1. The van der Waals surface area contributed by atoms with Crippen LogP contribution >= 0.6 is 59.4 Å². The van der Waals surface area contributed by atoms with Crippen LogP contribution in [0.3, 0.4) is 0 Å². The highest BCUT2D eigenvalue weighted by molar-refractivity contribution is 9.11. The second-order valence-corrected chi connectivity index (χ2v) is 36.6. The number of nitrogens with two attached hydrogens (primary N) is 6. The quantitative estimate of drug-likeness (QED) is 0.0312. The van der Waals surface area contributed by atoms with E-state index < -0.39 is 22.8 Å². The summed E-state index contributed by atoms with van der Waals surface area (Å²) in [5, 5.41) is 33.0. The summed E-state index contributed by atoms with van der Waals surface area (Å²) in [6, 6.07) is 28.3. The van der Waals surface area contributed by atoms with Crippen LogP contribution in [0.5, 0.6) is 0 Å². The number of halogens is 4. The lowest BCUT2D eigenvalue weighted by Gasteiger charge is -2.33. The molecular formula is C87H112BBr3ClN25O9. The maximum Gasteiger partial charge on any atom is 0.494 e. The summed E-state index contributed by atoms with van der Waals surface area (Å²) in [6.07, 6.45) is 16.8. The van der Waals surface area contributed by atoms with Crippen molar-refractivity contribution < 1.29 is 33.6 Å². The Kier molecular flexibility index (Phi) is 32.2. The molecule has 5 aliphatic rings. The molecule has 5 saturated heterocycles. The summed E-state index contributed by atoms with van der Waals surface area (Å²) in [6.45, 7) is 30.4. The Labute approximate surface area is 761 Å². The van der Waals surface area contributed by atoms with Crippen molar-refractivity contribution in [3.8, 4) is 16.9 Å². The maximum absolute atomic E-state index is 12.3. The lowest BCUT2D eigenvalue weighted by atomic mass is 9.79. The van der Waals surface area contributed by atoms with Gasteiger partial charge in [-0.2, -0.15) is 20.4 Å². The van der Waals surface area contributed by atoms with Gasteiger partial charge in [0.15, 0.2) is 23.3 Å². The average molecular weight is 1940 g/mol. The fraction of sp³-hybridized carbons (Fsp3) is 0.437. The van der Waals surface area contributed by atoms with E-state index in [1.165, 1.54) is 53.5 Å². The molecule has 10 aromatic heterocycles. The first-order valence-electron chi connectivity index (χ1n) is 42.1. The molecule has 0 bridgehead atoms. The summed E-state index contributed by atoms with van der Waals surface area (Å²) in [5.41, 5.74) is 45.5. The number of pyridine rings is 1. The normalized spacial score (nSPS) is 16.1. The highest BCUT2D eigenvalue weighted by Gasteiger charge is 2.52. The minimum Gasteiger partial charge on any atom is -0.477 e. The molecule has 0 unspecified atom stereocenters. The third-order valence-corrected chi connectivity index (χ3v) is 25.4. The Morgan fingerprint density at radius 2 is 0.857 bits per heavy atom. The number of nitrogen functional groups attached to an aromatic ring is 6. The van der Waals surface area contributed by atoms with E-state index in [1.807, 2.05) is 132 Å². The Balaban J connectivity index is 0.000000146. The van der Waals surface area contributed by atoms with Crippen molar-refractivity contribution in [3.63, 3.8) is 0 Å². The number of rotatable bonds is 12. The number of anilines is 6. The fourth-order valence-corrected chi connectivity index (χ4v) is 17.3. The number of amides is 2. The van der Waals surface area contributed by atoms with Crippen molar-refractivity contribution in [1.82, 2.24) is 92.9 Å². The number of hydrogen-bond donors (Lipinski definition) is 9. The van der Waals surface area contributed by atoms with E-state index in [1.54, 1.807) is 39.8 Å². The van der Waals surface area contributed by atoms with Crippen molar-refractivity contribution in [3.05, 3.63) is 191 Å². The number of nitrogens with zero attached hydrogens (tertiary/aromatic N) is 17. The van der Waals surface area contributed by atoms with Crippen molar-refractivity contribution >= 4 is 152 Å². The highest BCUT2D eigenvalue weighted by Crippen LogP contribution is 2.41. The van der Waals surface area contributed by atoms with Gasteiger partial charge in [0, 0.05) is 139 Å². The van der Waals surface area contributed by atoms with E-state index in [0.717, 1.165) is 189 Å². The first kappa shape index (κ1) is 95.9. The van der Waals surface area contributed by atoms with E-state index >= 15 is 0 Å². The molecule has 670 valence electrons. The van der Waals surface area contributed by atoms with Crippen molar-refractivity contribution in [2.75, 3.05) is 86.8 Å². The second kappa shape index (κ2) is 42.3. The van der Waals surface area contributed by atoms with E-state index in [2.05, 4.69) is 128 Å². The molecule has 0 radical (unpaired) electrons. The van der Waals surface area contributed by atoms with Crippen molar-refractivity contribution in [2.24, 2.45) is 17.8 Å². The van der Waals surface area contributed by atoms with Crippen molar-refractivity contribution in [2.45, 2.75) is 175 Å². The third-order valence-electron chi connectivity index (χ3n) is 23.2. The summed E-state index contributed by atoms with van der Waals surface area (Å²) in [4.78, 5) is 94.0. The Morgan fingerprint density at radius 1 is 0.500 bits per heavy atom. The van der Waals surface area contributed by atoms with Crippen LogP contribution in [0.1, 0.15) is 197 Å². The number of aromatic nitrogens is 15. The van der Waals surface area contributed by atoms with Gasteiger partial charge in [0.2, 0.25) is 17.1 Å². The van der Waals surface area contributed by atoms with Gasteiger partial charge in [0.1, 0.15) is 58.8 Å². The first-order chi connectivity index (χ1) is 59.9. The molecule has 34 nitrogen and oxygen atoms in total. The number of likely N-dealkylation sites (tertiary alicyclic amines) is 2. The van der Waals surface area contributed by atoms with Gasteiger partial charge in [-0.15, -0.1) is 0 Å². The molecule has 126 heavy (non-hydrogen) atoms. The molecule has 2 aromatic carbocycles. The summed E-state index contributed by atoms with van der Waals surface area (Å²) in [5.74, 6) is 3.03. The van der Waals surface area contributed by atoms with Crippen LogP contribution < -0.4 is 61.7 Å². The van der Waals surface area contributed by atoms with Crippen LogP contribution in [0, 0.1) is 17.8 Å². The number of fused-ring (bicyclic) bond motifs is 4. The van der Waals surface area contributed by atoms with E-state index in [-0.39, 0.29) is 65.0 Å². The standard InChI is InChI=1S/C21H26N6O.C15H20BrN5O.C13H13N3O4.C12H18BNO2.2C11H14BrN5.C4H7ClO/c1-13(2)21(28)26-9-7-15(8-10-26)18-11-17(14-3-5-16(22)6-4-14)19-20(23)24-12-25-27(18)19;1-9(2)15(22)20-5-3-10(4-6-20)12-7-11(16)13-14(17)18-8-19-21(12)13;1-8(2)15-7-9(12(18)19)11(17)16(13(15)20)10-5-3-4-6-14-10;1-11(2)12(3,4)16-13(15-11)9-5-7-10(14)8-6-9;2*12-8-5-9(7-1-3-14-4-2-7)17-10(8)11(13)15-6-16-17;1-3(2)4(5)6/h3-6,11-13,15H,7-10,22H2,1-2H3,(H2,23,24,25);7-10H,3-6H2,1-2H3,(H2,17,18,19);3-8H,1-2H3,(H,18,19);5-8H,14H2,1-4H3;2*5-7,14H,1-4H2,(H2,13,15,16);3H,1-2H3. The highest BCUT2D eigenvalue weighted by atomic mass is 79.9. The van der Waals surface area contributed by atoms with Gasteiger partial charge in [0.25, 0.3) is 5.56 Å². The monoisotopic (exact) mass is 1930 g/mol. The zero-order valence-corrected chi connectivity index (χ0v) is 78.4. The van der Waals surface area contributed by atoms with Gasteiger partial charge in [-0.25, -0.2) is 57.1 Å². The number of carbonyl (C=O) groups is 4. The van der Waals surface area contributed by atoms with E-state index in [4.69, 9.17) is 60.4 Å². The van der Waals surface area contributed by atoms with Gasteiger partial charge in [-0.05, 0) is 250 Å². The Morgan fingerprint density at radius 3 is 1.21 bits per heavy atom. The maximum atomic E-state index is 12.3. The number of carboxylic acids is 1. The van der Waals surface area contributed by atoms with Crippen LogP contribution in [-0.2, 0) is 23.7 Å². The van der Waals surface area contributed by atoms with Gasteiger partial charge in [-0.3, -0.25) is 23.7 Å². The summed E-state index contributed by atoms with van der Waals surface area (Å²) < 4.78 is 24.3. The molecule has 2 amide bonds. The number of hydrogen-bond acceptors (Lipinski definition) is 25. The number of piperidine rings is 4. The Bertz CT molecular complexity index is 5800. The Hall–Kier alpha value is -10.7. The van der Waals surface area contributed by atoms with Crippen molar-refractivity contribution in [1.29, 1.82) is 0 Å². The lowest BCUT2D eigenvalue weighted by Crippen LogP contribution is -2.42.